The average Bonchev–Trinajstić information content (AvgIpc) is 2.46. The predicted octanol–water partition coefficient (Wildman–Crippen LogP) is 4.21. The molecule has 0 atom stereocenters. The van der Waals surface area contributed by atoms with Crippen molar-refractivity contribution in [2.75, 3.05) is 5.73 Å². The minimum Gasteiger partial charge on any atom is -0.398 e. The first-order chi connectivity index (χ1) is 7.08. The van der Waals surface area contributed by atoms with Crippen LogP contribution in [0.1, 0.15) is 5.56 Å². The highest BCUT2D eigenvalue weighted by Gasteiger charge is 2.08. The predicted molar refractivity (Wildman–Crippen MR) is 66.6 cm³/mol. The van der Waals surface area contributed by atoms with Gasteiger partial charge in [-0.1, -0.05) is 0 Å². The zero-order chi connectivity index (χ0) is 11.0. The van der Waals surface area contributed by atoms with Crippen LogP contribution in [0.5, 0.6) is 0 Å². The van der Waals surface area contributed by atoms with Crippen molar-refractivity contribution < 1.29 is 4.39 Å². The summed E-state index contributed by atoms with van der Waals surface area (Å²) in [6.45, 7) is 2.02. The normalized spacial score (nSPS) is 10.6. The van der Waals surface area contributed by atoms with Gasteiger partial charge in [-0.3, -0.25) is 0 Å². The smallest absolute Gasteiger partial charge is 0.125 e. The highest BCUT2D eigenvalue weighted by atomic mass is 79.9. The van der Waals surface area contributed by atoms with E-state index in [2.05, 4.69) is 15.9 Å². The number of anilines is 1. The average molecular weight is 286 g/mol. The standard InChI is InChI=1S/C11H9BrFNS/c1-6-4-10(15-11(6)12)8-3-2-7(13)5-9(8)14/h2-5H,14H2,1H3. The first-order valence-corrected chi connectivity index (χ1v) is 6.00. The van der Waals surface area contributed by atoms with Crippen LogP contribution in [0.15, 0.2) is 28.1 Å². The van der Waals surface area contributed by atoms with Crippen LogP contribution < -0.4 is 5.73 Å². The first-order valence-electron chi connectivity index (χ1n) is 4.39. The third-order valence-corrected chi connectivity index (χ3v) is 4.31. The molecule has 4 heteroatoms. The minimum atomic E-state index is -0.302. The largest absolute Gasteiger partial charge is 0.398 e. The molecule has 1 nitrogen and oxygen atoms in total. The molecule has 2 aromatic rings. The van der Waals surface area contributed by atoms with Gasteiger partial charge in [0.15, 0.2) is 0 Å². The highest BCUT2D eigenvalue weighted by Crippen LogP contribution is 2.37. The van der Waals surface area contributed by atoms with Gasteiger partial charge in [0.25, 0.3) is 0 Å². The quantitative estimate of drug-likeness (QED) is 0.781. The molecule has 1 heterocycles. The Morgan fingerprint density at radius 3 is 2.60 bits per heavy atom. The maximum Gasteiger partial charge on any atom is 0.125 e. The fourth-order valence-electron chi connectivity index (χ4n) is 1.35. The summed E-state index contributed by atoms with van der Waals surface area (Å²) in [4.78, 5) is 1.05. The molecule has 0 bridgehead atoms. The Kier molecular flexibility index (Phi) is 2.80. The van der Waals surface area contributed by atoms with E-state index in [4.69, 9.17) is 5.73 Å². The molecule has 0 radical (unpaired) electrons. The van der Waals surface area contributed by atoms with Crippen LogP contribution in [0.4, 0.5) is 10.1 Å². The summed E-state index contributed by atoms with van der Waals surface area (Å²) in [5.41, 5.74) is 8.29. The zero-order valence-corrected chi connectivity index (χ0v) is 10.5. The third-order valence-electron chi connectivity index (χ3n) is 2.14. The topological polar surface area (TPSA) is 26.0 Å². The molecule has 0 aliphatic rings. The summed E-state index contributed by atoms with van der Waals surface area (Å²) in [5, 5.41) is 0. The SMILES string of the molecule is Cc1cc(-c2ccc(F)cc2N)sc1Br. The molecular formula is C11H9BrFNS. The monoisotopic (exact) mass is 285 g/mol. The maximum absolute atomic E-state index is 12.9. The van der Waals surface area contributed by atoms with Crippen molar-refractivity contribution in [3.63, 3.8) is 0 Å². The van der Waals surface area contributed by atoms with Crippen LogP contribution >= 0.6 is 27.3 Å². The lowest BCUT2D eigenvalue weighted by Gasteiger charge is -2.02. The molecule has 2 rings (SSSR count). The van der Waals surface area contributed by atoms with Crippen LogP contribution in [-0.2, 0) is 0 Å². The van der Waals surface area contributed by atoms with Crippen molar-refractivity contribution in [1.82, 2.24) is 0 Å². The van der Waals surface area contributed by atoms with E-state index < -0.39 is 0 Å². The molecule has 1 aromatic heterocycles. The second-order valence-corrected chi connectivity index (χ2v) is 5.67. The van der Waals surface area contributed by atoms with Crippen LogP contribution in [0, 0.1) is 12.7 Å². The molecule has 0 fully saturated rings. The number of hydrogen-bond donors (Lipinski definition) is 1. The molecule has 0 aliphatic carbocycles. The lowest BCUT2D eigenvalue weighted by Crippen LogP contribution is -1.89. The Hall–Kier alpha value is -0.870. The van der Waals surface area contributed by atoms with E-state index in [0.717, 1.165) is 14.2 Å². The fourth-order valence-corrected chi connectivity index (χ4v) is 2.93. The number of nitrogens with two attached hydrogens (primary N) is 1. The van der Waals surface area contributed by atoms with E-state index in [-0.39, 0.29) is 5.82 Å². The van der Waals surface area contributed by atoms with Crippen LogP contribution in [0.2, 0.25) is 0 Å². The minimum absolute atomic E-state index is 0.302. The van der Waals surface area contributed by atoms with Gasteiger partial charge in [0.1, 0.15) is 5.82 Å². The van der Waals surface area contributed by atoms with Gasteiger partial charge in [0, 0.05) is 16.1 Å². The van der Waals surface area contributed by atoms with Gasteiger partial charge >= 0.3 is 0 Å². The summed E-state index contributed by atoms with van der Waals surface area (Å²) in [6.07, 6.45) is 0. The van der Waals surface area contributed by atoms with Gasteiger partial charge < -0.3 is 5.73 Å². The lowest BCUT2D eigenvalue weighted by molar-refractivity contribution is 0.628. The van der Waals surface area contributed by atoms with E-state index in [1.807, 2.05) is 13.0 Å². The van der Waals surface area contributed by atoms with Gasteiger partial charge in [-0.25, -0.2) is 4.39 Å². The molecule has 78 valence electrons. The number of rotatable bonds is 1. The molecule has 1 aromatic carbocycles. The number of aryl methyl sites for hydroxylation is 1. The van der Waals surface area contributed by atoms with Gasteiger partial charge in [-0.15, -0.1) is 11.3 Å². The molecule has 0 spiro atoms. The molecule has 0 saturated carbocycles. The maximum atomic E-state index is 12.9. The van der Waals surface area contributed by atoms with E-state index in [1.54, 1.807) is 17.4 Å². The fraction of sp³-hybridized carbons (Fsp3) is 0.0909. The van der Waals surface area contributed by atoms with Crippen molar-refractivity contribution in [3.05, 3.63) is 39.4 Å². The Balaban J connectivity index is 2.54. The third kappa shape index (κ3) is 2.06. The van der Waals surface area contributed by atoms with Crippen molar-refractivity contribution in [3.8, 4) is 10.4 Å². The molecule has 0 unspecified atom stereocenters. The van der Waals surface area contributed by atoms with Gasteiger partial charge in [0.05, 0.1) is 3.79 Å². The Labute approximate surface area is 99.9 Å². The molecule has 15 heavy (non-hydrogen) atoms. The molecule has 2 N–H and O–H groups in total. The molecular weight excluding hydrogens is 277 g/mol. The number of benzene rings is 1. The first kappa shape index (κ1) is 10.6. The lowest BCUT2D eigenvalue weighted by atomic mass is 10.1. The Morgan fingerprint density at radius 2 is 2.07 bits per heavy atom. The number of halogens is 2. The van der Waals surface area contributed by atoms with Crippen molar-refractivity contribution >= 4 is 33.0 Å². The molecule has 0 amide bonds. The summed E-state index contributed by atoms with van der Waals surface area (Å²) >= 11 is 5.06. The van der Waals surface area contributed by atoms with Crippen LogP contribution in [0.25, 0.3) is 10.4 Å². The van der Waals surface area contributed by atoms with Gasteiger partial charge in [-0.05, 0) is 52.7 Å². The molecule has 0 aliphatic heterocycles. The Morgan fingerprint density at radius 1 is 1.33 bits per heavy atom. The zero-order valence-electron chi connectivity index (χ0n) is 8.05. The van der Waals surface area contributed by atoms with Crippen molar-refractivity contribution in [2.24, 2.45) is 0 Å². The van der Waals surface area contributed by atoms with E-state index in [9.17, 15) is 4.39 Å². The summed E-state index contributed by atoms with van der Waals surface area (Å²) < 4.78 is 13.9. The van der Waals surface area contributed by atoms with Crippen molar-refractivity contribution in [1.29, 1.82) is 0 Å². The Bertz CT molecular complexity index is 488. The second-order valence-electron chi connectivity index (χ2n) is 3.30. The summed E-state index contributed by atoms with van der Waals surface area (Å²) in [7, 11) is 0. The number of nitrogen functional groups attached to an aromatic ring is 1. The van der Waals surface area contributed by atoms with Crippen LogP contribution in [0.3, 0.4) is 0 Å². The van der Waals surface area contributed by atoms with Gasteiger partial charge in [-0.2, -0.15) is 0 Å². The van der Waals surface area contributed by atoms with E-state index in [1.165, 1.54) is 17.7 Å². The highest BCUT2D eigenvalue weighted by molar-refractivity contribution is 9.11. The number of thiophene rings is 1. The molecule has 0 saturated heterocycles. The van der Waals surface area contributed by atoms with E-state index >= 15 is 0 Å². The van der Waals surface area contributed by atoms with Crippen LogP contribution in [-0.4, -0.2) is 0 Å². The van der Waals surface area contributed by atoms with E-state index in [0.29, 0.717) is 5.69 Å². The summed E-state index contributed by atoms with van der Waals surface area (Å²) in [6, 6.07) is 6.52. The van der Waals surface area contributed by atoms with Gasteiger partial charge in [0.2, 0.25) is 0 Å². The van der Waals surface area contributed by atoms with Crippen molar-refractivity contribution in [2.45, 2.75) is 6.92 Å². The number of hydrogen-bond acceptors (Lipinski definition) is 2. The second kappa shape index (κ2) is 3.94. The summed E-state index contributed by atoms with van der Waals surface area (Å²) in [5.74, 6) is -0.302.